The van der Waals surface area contributed by atoms with Crippen LogP contribution in [0.25, 0.3) is 0 Å². The summed E-state index contributed by atoms with van der Waals surface area (Å²) in [6.07, 6.45) is 11.3. The predicted octanol–water partition coefficient (Wildman–Crippen LogP) is 3.82. The summed E-state index contributed by atoms with van der Waals surface area (Å²) in [6, 6.07) is 0.311. The first kappa shape index (κ1) is 13.4. The van der Waals surface area contributed by atoms with Crippen molar-refractivity contribution in [2.45, 2.75) is 63.8 Å². The predicted molar refractivity (Wildman–Crippen MR) is 80.7 cm³/mol. The fourth-order valence-electron chi connectivity index (χ4n) is 6.11. The van der Waals surface area contributed by atoms with Gasteiger partial charge < -0.3 is 4.90 Å². The quantitative estimate of drug-likeness (QED) is 0.709. The number of amides is 1. The number of rotatable bonds is 2. The number of hydrogen-bond donors (Lipinski definition) is 0. The van der Waals surface area contributed by atoms with E-state index in [4.69, 9.17) is 11.6 Å². The highest BCUT2D eigenvalue weighted by atomic mass is 35.5. The first-order valence-corrected chi connectivity index (χ1v) is 9.11. The molecule has 1 amide bonds. The molecule has 0 aromatic rings. The third-order valence-corrected chi connectivity index (χ3v) is 6.91. The lowest BCUT2D eigenvalue weighted by atomic mass is 9.49. The van der Waals surface area contributed by atoms with E-state index in [1.54, 1.807) is 0 Å². The van der Waals surface area contributed by atoms with Gasteiger partial charge in [0.2, 0.25) is 5.91 Å². The molecule has 1 heterocycles. The van der Waals surface area contributed by atoms with E-state index in [0.29, 0.717) is 17.8 Å². The van der Waals surface area contributed by atoms with Gasteiger partial charge in [0, 0.05) is 18.5 Å². The third-order valence-electron chi connectivity index (χ3n) is 6.56. The van der Waals surface area contributed by atoms with Gasteiger partial charge in [-0.15, -0.1) is 11.6 Å². The molecule has 1 saturated heterocycles. The van der Waals surface area contributed by atoms with Gasteiger partial charge in [0.1, 0.15) is 0 Å². The maximum atomic E-state index is 13.3. The van der Waals surface area contributed by atoms with Gasteiger partial charge in [-0.25, -0.2) is 0 Å². The van der Waals surface area contributed by atoms with Crippen LogP contribution in [0.1, 0.15) is 57.8 Å². The summed E-state index contributed by atoms with van der Waals surface area (Å²) in [6.45, 7) is 0.956. The molecular weight excluding hydrogens is 270 g/mol. The average molecular weight is 296 g/mol. The Morgan fingerprint density at radius 1 is 1.05 bits per heavy atom. The van der Waals surface area contributed by atoms with E-state index in [9.17, 15) is 4.79 Å². The van der Waals surface area contributed by atoms with Gasteiger partial charge in [-0.3, -0.25) is 4.79 Å². The van der Waals surface area contributed by atoms with E-state index in [0.717, 1.165) is 30.7 Å². The zero-order valence-corrected chi connectivity index (χ0v) is 13.1. The van der Waals surface area contributed by atoms with Crippen molar-refractivity contribution in [1.29, 1.82) is 0 Å². The van der Waals surface area contributed by atoms with Crippen LogP contribution in [0.3, 0.4) is 0 Å². The average Bonchev–Trinajstić information content (AvgIpc) is 2.45. The number of nitrogens with zero attached hydrogens (tertiary/aromatic N) is 1. The van der Waals surface area contributed by atoms with Crippen LogP contribution in [-0.4, -0.2) is 29.3 Å². The topological polar surface area (TPSA) is 20.3 Å². The van der Waals surface area contributed by atoms with E-state index >= 15 is 0 Å². The van der Waals surface area contributed by atoms with Crippen LogP contribution in [0.5, 0.6) is 0 Å². The maximum absolute atomic E-state index is 13.3. The second kappa shape index (κ2) is 4.90. The number of likely N-dealkylation sites (tertiary alicyclic amines) is 1. The van der Waals surface area contributed by atoms with Crippen LogP contribution in [0.4, 0.5) is 0 Å². The fraction of sp³-hybridized carbons (Fsp3) is 0.941. The molecule has 0 N–H and O–H groups in total. The van der Waals surface area contributed by atoms with Crippen LogP contribution in [0.2, 0.25) is 0 Å². The van der Waals surface area contributed by atoms with Gasteiger partial charge in [-0.05, 0) is 75.5 Å². The van der Waals surface area contributed by atoms with Crippen LogP contribution in [0, 0.1) is 23.2 Å². The minimum Gasteiger partial charge on any atom is -0.338 e. The van der Waals surface area contributed by atoms with Crippen molar-refractivity contribution in [3.8, 4) is 0 Å². The normalized spacial score (nSPS) is 46.8. The molecule has 4 saturated carbocycles. The molecule has 0 spiro atoms. The van der Waals surface area contributed by atoms with E-state index in [1.807, 2.05) is 0 Å². The molecule has 1 unspecified atom stereocenters. The summed E-state index contributed by atoms with van der Waals surface area (Å²) >= 11 is 6.13. The van der Waals surface area contributed by atoms with E-state index in [-0.39, 0.29) is 5.41 Å². The van der Waals surface area contributed by atoms with E-state index in [2.05, 4.69) is 4.90 Å². The smallest absolute Gasteiger partial charge is 0.229 e. The third kappa shape index (κ3) is 2.01. The number of piperidine rings is 1. The Morgan fingerprint density at radius 2 is 1.65 bits per heavy atom. The molecule has 112 valence electrons. The Morgan fingerprint density at radius 3 is 2.20 bits per heavy atom. The van der Waals surface area contributed by atoms with Crippen molar-refractivity contribution in [3.05, 3.63) is 0 Å². The van der Waals surface area contributed by atoms with Gasteiger partial charge >= 0.3 is 0 Å². The summed E-state index contributed by atoms with van der Waals surface area (Å²) < 4.78 is 0. The molecule has 5 aliphatic rings. The standard InChI is InChI=1S/C17H26ClNO/c18-11-15-3-1-2-4-19(15)16(20)17-8-12-5-13(9-17)7-14(6-12)10-17/h12-15H,1-11H2. The van der Waals surface area contributed by atoms with Gasteiger partial charge in [-0.2, -0.15) is 0 Å². The monoisotopic (exact) mass is 295 g/mol. The Labute approximate surface area is 127 Å². The lowest BCUT2D eigenvalue weighted by Gasteiger charge is -2.57. The van der Waals surface area contributed by atoms with Crippen molar-refractivity contribution in [2.75, 3.05) is 12.4 Å². The molecule has 0 radical (unpaired) electrons. The van der Waals surface area contributed by atoms with Gasteiger partial charge in [-0.1, -0.05) is 0 Å². The number of hydrogen-bond acceptors (Lipinski definition) is 1. The van der Waals surface area contributed by atoms with Gasteiger partial charge in [0.05, 0.1) is 5.41 Å². The SMILES string of the molecule is O=C(N1CCCCC1CCl)C12CC3CC(CC(C3)C1)C2. The molecule has 1 atom stereocenters. The second-order valence-electron chi connectivity index (χ2n) is 8.00. The van der Waals surface area contributed by atoms with Crippen molar-refractivity contribution < 1.29 is 4.79 Å². The van der Waals surface area contributed by atoms with E-state index in [1.165, 1.54) is 51.4 Å². The Bertz CT molecular complexity index is 373. The highest BCUT2D eigenvalue weighted by Crippen LogP contribution is 2.60. The molecule has 5 fully saturated rings. The summed E-state index contributed by atoms with van der Waals surface area (Å²) in [5, 5.41) is 0. The molecular formula is C17H26ClNO. The summed E-state index contributed by atoms with van der Waals surface area (Å²) in [5.74, 6) is 3.67. The van der Waals surface area contributed by atoms with Crippen molar-refractivity contribution in [1.82, 2.24) is 4.90 Å². The van der Waals surface area contributed by atoms with Crippen molar-refractivity contribution in [3.63, 3.8) is 0 Å². The minimum atomic E-state index is 0.0242. The largest absolute Gasteiger partial charge is 0.338 e. The molecule has 1 aliphatic heterocycles. The van der Waals surface area contributed by atoms with Crippen molar-refractivity contribution >= 4 is 17.5 Å². The number of carbonyl (C=O) groups is 1. The van der Waals surface area contributed by atoms with Crippen LogP contribution >= 0.6 is 11.6 Å². The first-order chi connectivity index (χ1) is 9.70. The highest BCUT2D eigenvalue weighted by molar-refractivity contribution is 6.18. The van der Waals surface area contributed by atoms with Gasteiger partial charge in [0.25, 0.3) is 0 Å². The van der Waals surface area contributed by atoms with Gasteiger partial charge in [0.15, 0.2) is 0 Å². The summed E-state index contributed by atoms with van der Waals surface area (Å²) in [5.41, 5.74) is 0.0242. The number of carbonyl (C=O) groups excluding carboxylic acids is 1. The molecule has 0 aromatic carbocycles. The van der Waals surface area contributed by atoms with Crippen molar-refractivity contribution in [2.24, 2.45) is 23.2 Å². The maximum Gasteiger partial charge on any atom is 0.229 e. The Hall–Kier alpha value is -0.240. The minimum absolute atomic E-state index is 0.0242. The van der Waals surface area contributed by atoms with Crippen LogP contribution in [-0.2, 0) is 4.79 Å². The molecule has 3 heteroatoms. The van der Waals surface area contributed by atoms with Crippen LogP contribution in [0.15, 0.2) is 0 Å². The summed E-state index contributed by atoms with van der Waals surface area (Å²) in [4.78, 5) is 15.5. The zero-order chi connectivity index (χ0) is 13.7. The van der Waals surface area contributed by atoms with Crippen LogP contribution < -0.4 is 0 Å². The van der Waals surface area contributed by atoms with E-state index < -0.39 is 0 Å². The highest BCUT2D eigenvalue weighted by Gasteiger charge is 2.56. The molecule has 0 aromatic heterocycles. The lowest BCUT2D eigenvalue weighted by Crippen LogP contribution is -2.57. The summed E-state index contributed by atoms with van der Waals surface area (Å²) in [7, 11) is 0. The lowest BCUT2D eigenvalue weighted by molar-refractivity contribution is -0.161. The molecule has 5 rings (SSSR count). The Balaban J connectivity index is 1.58. The zero-order valence-electron chi connectivity index (χ0n) is 12.3. The fourth-order valence-corrected chi connectivity index (χ4v) is 6.43. The molecule has 20 heavy (non-hydrogen) atoms. The molecule has 2 nitrogen and oxygen atoms in total. The Kier molecular flexibility index (Phi) is 3.29. The molecule has 4 bridgehead atoms. The molecule has 4 aliphatic carbocycles. The number of halogens is 1. The number of alkyl halides is 1. The second-order valence-corrected chi connectivity index (χ2v) is 8.31. The first-order valence-electron chi connectivity index (χ1n) is 8.57.